The number of sulfonamides is 1. The van der Waals surface area contributed by atoms with Crippen LogP contribution in [0.2, 0.25) is 0 Å². The maximum atomic E-state index is 12.6. The first-order chi connectivity index (χ1) is 9.72. The maximum absolute atomic E-state index is 12.6. The van der Waals surface area contributed by atoms with Crippen molar-refractivity contribution < 1.29 is 13.2 Å². The average molecular weight is 328 g/mol. The fourth-order valence-electron chi connectivity index (χ4n) is 2.05. The molecule has 0 radical (unpaired) electrons. The summed E-state index contributed by atoms with van der Waals surface area (Å²) >= 11 is 1.45. The largest absolute Gasteiger partial charge is 0.350 e. The van der Waals surface area contributed by atoms with Gasteiger partial charge in [0.05, 0.1) is 10.8 Å². The quantitative estimate of drug-likeness (QED) is 0.916. The Bertz CT molecular complexity index is 609. The molecule has 1 amide bonds. The normalized spacial score (nSPS) is 20.4. The molecule has 0 saturated carbocycles. The highest BCUT2D eigenvalue weighted by molar-refractivity contribution is 8.00. The van der Waals surface area contributed by atoms with E-state index in [1.807, 2.05) is 20.8 Å². The van der Waals surface area contributed by atoms with Crippen molar-refractivity contribution in [1.82, 2.24) is 9.62 Å². The fraction of sp³-hybridized carbons (Fsp3) is 0.500. The zero-order chi connectivity index (χ0) is 15.7. The Kier molecular flexibility index (Phi) is 4.65. The molecule has 1 aliphatic heterocycles. The highest BCUT2D eigenvalue weighted by atomic mass is 32.2. The summed E-state index contributed by atoms with van der Waals surface area (Å²) < 4.78 is 26.6. The van der Waals surface area contributed by atoms with Gasteiger partial charge in [-0.25, -0.2) is 8.42 Å². The lowest BCUT2D eigenvalue weighted by Crippen LogP contribution is -2.52. The molecular formula is C14H20N2O3S2. The predicted molar refractivity (Wildman–Crippen MR) is 84.5 cm³/mol. The van der Waals surface area contributed by atoms with Gasteiger partial charge in [0, 0.05) is 11.3 Å². The number of carbonyl (C=O) groups is 1. The van der Waals surface area contributed by atoms with E-state index in [4.69, 9.17) is 0 Å². The van der Waals surface area contributed by atoms with E-state index in [1.165, 1.54) is 16.1 Å². The Morgan fingerprint density at radius 2 is 1.90 bits per heavy atom. The van der Waals surface area contributed by atoms with E-state index in [9.17, 15) is 13.2 Å². The molecule has 0 bridgehead atoms. The van der Waals surface area contributed by atoms with E-state index < -0.39 is 16.1 Å². The number of amides is 1. The minimum absolute atomic E-state index is 0.223. The summed E-state index contributed by atoms with van der Waals surface area (Å²) in [6.07, 6.45) is 0. The molecule has 1 saturated heterocycles. The molecule has 1 heterocycles. The minimum atomic E-state index is -3.64. The summed E-state index contributed by atoms with van der Waals surface area (Å²) in [6.45, 7) is 5.63. The second-order valence-electron chi connectivity index (χ2n) is 5.96. The van der Waals surface area contributed by atoms with Gasteiger partial charge in [-0.05, 0) is 32.9 Å². The van der Waals surface area contributed by atoms with Crippen molar-refractivity contribution in [1.29, 1.82) is 0 Å². The molecule has 7 heteroatoms. The molecule has 21 heavy (non-hydrogen) atoms. The third kappa shape index (κ3) is 3.78. The topological polar surface area (TPSA) is 66.5 Å². The summed E-state index contributed by atoms with van der Waals surface area (Å²) in [5.41, 5.74) is -0.382. The molecule has 0 spiro atoms. The van der Waals surface area contributed by atoms with Gasteiger partial charge in [0.25, 0.3) is 0 Å². The number of nitrogens with one attached hydrogen (secondary N) is 1. The standard InChI is InChI=1S/C14H20N2O3S2/c1-14(2,3)15-13(17)12-9-20-10-16(12)21(18,19)11-7-5-4-6-8-11/h4-8,12H,9-10H2,1-3H3,(H,15,17). The number of nitrogens with zero attached hydrogens (tertiary/aromatic N) is 1. The van der Waals surface area contributed by atoms with Gasteiger partial charge in [0.2, 0.25) is 15.9 Å². The first-order valence-corrected chi connectivity index (χ1v) is 9.28. The first-order valence-electron chi connectivity index (χ1n) is 6.68. The summed E-state index contributed by atoms with van der Waals surface area (Å²) in [5, 5.41) is 2.86. The molecular weight excluding hydrogens is 308 g/mol. The number of rotatable bonds is 3. The van der Waals surface area contributed by atoms with Gasteiger partial charge in [0.1, 0.15) is 6.04 Å². The molecule has 1 aromatic carbocycles. The van der Waals surface area contributed by atoms with E-state index in [-0.39, 0.29) is 16.3 Å². The van der Waals surface area contributed by atoms with E-state index in [0.29, 0.717) is 11.6 Å². The molecule has 116 valence electrons. The van der Waals surface area contributed by atoms with Gasteiger partial charge in [0.15, 0.2) is 0 Å². The van der Waals surface area contributed by atoms with Crippen LogP contribution in [-0.2, 0) is 14.8 Å². The Morgan fingerprint density at radius 3 is 2.48 bits per heavy atom. The van der Waals surface area contributed by atoms with Gasteiger partial charge in [-0.1, -0.05) is 18.2 Å². The maximum Gasteiger partial charge on any atom is 0.244 e. The summed E-state index contributed by atoms with van der Waals surface area (Å²) in [7, 11) is -3.64. The van der Waals surface area contributed by atoms with E-state index in [0.717, 1.165) is 0 Å². The molecule has 0 aliphatic carbocycles. The van der Waals surface area contributed by atoms with Crippen molar-refractivity contribution in [2.24, 2.45) is 0 Å². The van der Waals surface area contributed by atoms with Crippen molar-refractivity contribution in [2.45, 2.75) is 37.2 Å². The Morgan fingerprint density at radius 1 is 1.29 bits per heavy atom. The lowest BCUT2D eigenvalue weighted by atomic mass is 10.1. The minimum Gasteiger partial charge on any atom is -0.350 e. The van der Waals surface area contributed by atoms with Crippen LogP contribution in [0.3, 0.4) is 0 Å². The van der Waals surface area contributed by atoms with Crippen LogP contribution in [0.15, 0.2) is 35.2 Å². The van der Waals surface area contributed by atoms with Crippen LogP contribution in [-0.4, -0.2) is 41.8 Å². The molecule has 1 aliphatic rings. The van der Waals surface area contributed by atoms with Gasteiger partial charge >= 0.3 is 0 Å². The first kappa shape index (κ1) is 16.3. The summed E-state index contributed by atoms with van der Waals surface area (Å²) in [5.74, 6) is 0.542. The van der Waals surface area contributed by atoms with E-state index >= 15 is 0 Å². The number of carbonyl (C=O) groups excluding carboxylic acids is 1. The van der Waals surface area contributed by atoms with Crippen LogP contribution in [0.25, 0.3) is 0 Å². The molecule has 0 aromatic heterocycles. The van der Waals surface area contributed by atoms with E-state index in [1.54, 1.807) is 30.3 Å². The van der Waals surface area contributed by atoms with Crippen LogP contribution < -0.4 is 5.32 Å². The Labute approximate surface area is 130 Å². The highest BCUT2D eigenvalue weighted by Gasteiger charge is 2.40. The van der Waals surface area contributed by atoms with Gasteiger partial charge in [-0.3, -0.25) is 4.79 Å². The Balaban J connectivity index is 2.25. The molecule has 1 N–H and O–H groups in total. The number of hydrogen-bond donors (Lipinski definition) is 1. The fourth-order valence-corrected chi connectivity index (χ4v) is 5.22. The van der Waals surface area contributed by atoms with Crippen LogP contribution >= 0.6 is 11.8 Å². The third-order valence-corrected chi connectivity index (χ3v) is 6.04. The summed E-state index contributed by atoms with van der Waals surface area (Å²) in [4.78, 5) is 12.5. The van der Waals surface area contributed by atoms with Gasteiger partial charge in [-0.2, -0.15) is 4.31 Å². The van der Waals surface area contributed by atoms with Crippen molar-refractivity contribution in [3.8, 4) is 0 Å². The number of thioether (sulfide) groups is 1. The molecule has 5 nitrogen and oxygen atoms in total. The zero-order valence-corrected chi connectivity index (χ0v) is 14.0. The zero-order valence-electron chi connectivity index (χ0n) is 12.4. The molecule has 2 rings (SSSR count). The summed E-state index contributed by atoms with van der Waals surface area (Å²) in [6, 6.07) is 7.58. The molecule has 1 fully saturated rings. The van der Waals surface area contributed by atoms with Crippen LogP contribution in [0.4, 0.5) is 0 Å². The van der Waals surface area contributed by atoms with Crippen LogP contribution in [0.5, 0.6) is 0 Å². The lowest BCUT2D eigenvalue weighted by molar-refractivity contribution is -0.125. The SMILES string of the molecule is CC(C)(C)NC(=O)C1CSCN1S(=O)(=O)c1ccccc1. The van der Waals surface area contributed by atoms with E-state index in [2.05, 4.69) is 5.32 Å². The second-order valence-corrected chi connectivity index (χ2v) is 8.85. The van der Waals surface area contributed by atoms with Gasteiger partial charge in [-0.15, -0.1) is 11.8 Å². The van der Waals surface area contributed by atoms with Crippen molar-refractivity contribution in [3.63, 3.8) is 0 Å². The molecule has 1 atom stereocenters. The van der Waals surface area contributed by atoms with Crippen LogP contribution in [0.1, 0.15) is 20.8 Å². The molecule has 1 unspecified atom stereocenters. The Hall–Kier alpha value is -1.05. The van der Waals surface area contributed by atoms with Crippen molar-refractivity contribution >= 4 is 27.7 Å². The monoisotopic (exact) mass is 328 g/mol. The van der Waals surface area contributed by atoms with Crippen LogP contribution in [0, 0.1) is 0 Å². The van der Waals surface area contributed by atoms with Crippen molar-refractivity contribution in [2.75, 3.05) is 11.6 Å². The average Bonchev–Trinajstić information content (AvgIpc) is 2.88. The lowest BCUT2D eigenvalue weighted by Gasteiger charge is -2.27. The second kappa shape index (κ2) is 5.98. The molecule has 1 aromatic rings. The highest BCUT2D eigenvalue weighted by Crippen LogP contribution is 2.28. The smallest absolute Gasteiger partial charge is 0.244 e. The van der Waals surface area contributed by atoms with Gasteiger partial charge < -0.3 is 5.32 Å². The van der Waals surface area contributed by atoms with Crippen molar-refractivity contribution in [3.05, 3.63) is 30.3 Å². The number of hydrogen-bond acceptors (Lipinski definition) is 4. The number of benzene rings is 1. The predicted octanol–water partition coefficient (Wildman–Crippen LogP) is 1.66. The third-order valence-electron chi connectivity index (χ3n) is 2.99.